The summed E-state index contributed by atoms with van der Waals surface area (Å²) in [4.78, 5) is 24.5. The fraction of sp³-hybridized carbons (Fsp3) is 0.429. The third-order valence-electron chi connectivity index (χ3n) is 3.55. The molecule has 2 amide bonds. The molecule has 1 saturated heterocycles. The van der Waals surface area contributed by atoms with E-state index in [-0.39, 0.29) is 18.3 Å². The highest BCUT2D eigenvalue weighted by Gasteiger charge is 2.39. The molecule has 2 atom stereocenters. The molecule has 2 unspecified atom stereocenters. The van der Waals surface area contributed by atoms with Gasteiger partial charge in [-0.2, -0.15) is 0 Å². The number of aliphatic carboxylic acids is 1. The van der Waals surface area contributed by atoms with Crippen LogP contribution in [0.15, 0.2) is 24.3 Å². The Morgan fingerprint density at radius 1 is 1.50 bits per heavy atom. The number of halogens is 1. The molecule has 0 radical (unpaired) electrons. The SMILES string of the molecule is CC1CCN(C(=O)NCc2cccc(F)c2)C1C(=O)O. The Morgan fingerprint density at radius 3 is 2.90 bits per heavy atom. The van der Waals surface area contributed by atoms with E-state index < -0.39 is 18.0 Å². The molecule has 20 heavy (non-hydrogen) atoms. The molecule has 1 aliphatic rings. The molecular weight excluding hydrogens is 263 g/mol. The van der Waals surface area contributed by atoms with Crippen LogP contribution in [0.25, 0.3) is 0 Å². The Kier molecular flexibility index (Phi) is 4.22. The summed E-state index contributed by atoms with van der Waals surface area (Å²) in [6, 6.07) is 4.71. The third kappa shape index (κ3) is 3.07. The Bertz CT molecular complexity index is 521. The predicted molar refractivity (Wildman–Crippen MR) is 70.5 cm³/mol. The zero-order chi connectivity index (χ0) is 14.7. The number of hydrogen-bond acceptors (Lipinski definition) is 2. The molecule has 5 nitrogen and oxygen atoms in total. The van der Waals surface area contributed by atoms with Crippen LogP contribution in [0.3, 0.4) is 0 Å². The van der Waals surface area contributed by atoms with Gasteiger partial charge in [0.15, 0.2) is 0 Å². The molecule has 108 valence electrons. The Labute approximate surface area is 116 Å². The summed E-state index contributed by atoms with van der Waals surface area (Å²) in [6.45, 7) is 2.42. The number of amides is 2. The molecule has 2 rings (SSSR count). The van der Waals surface area contributed by atoms with Crippen molar-refractivity contribution in [3.05, 3.63) is 35.6 Å². The first kappa shape index (κ1) is 14.3. The summed E-state index contributed by atoms with van der Waals surface area (Å²) in [5.74, 6) is -1.42. The first-order valence-electron chi connectivity index (χ1n) is 6.50. The van der Waals surface area contributed by atoms with Gasteiger partial charge in [0.25, 0.3) is 0 Å². The second kappa shape index (κ2) is 5.90. The van der Waals surface area contributed by atoms with Gasteiger partial charge in [-0.1, -0.05) is 19.1 Å². The van der Waals surface area contributed by atoms with Crippen LogP contribution in [0.5, 0.6) is 0 Å². The smallest absolute Gasteiger partial charge is 0.326 e. The molecule has 1 aromatic rings. The van der Waals surface area contributed by atoms with E-state index in [2.05, 4.69) is 5.32 Å². The lowest BCUT2D eigenvalue weighted by molar-refractivity contribution is -0.142. The number of carboxylic acid groups (broad SMARTS) is 1. The number of urea groups is 1. The predicted octanol–water partition coefficient (Wildman–Crippen LogP) is 1.83. The minimum atomic E-state index is -0.990. The summed E-state index contributed by atoms with van der Waals surface area (Å²) in [6.07, 6.45) is 0.671. The molecule has 0 bridgehead atoms. The number of nitrogens with zero attached hydrogens (tertiary/aromatic N) is 1. The van der Waals surface area contributed by atoms with Gasteiger partial charge in [0.05, 0.1) is 0 Å². The highest BCUT2D eigenvalue weighted by molar-refractivity contribution is 5.83. The third-order valence-corrected chi connectivity index (χ3v) is 3.55. The number of likely N-dealkylation sites (tertiary alicyclic amines) is 1. The maximum Gasteiger partial charge on any atom is 0.326 e. The van der Waals surface area contributed by atoms with Crippen molar-refractivity contribution in [3.8, 4) is 0 Å². The number of carbonyl (C=O) groups excluding carboxylic acids is 1. The molecule has 0 aromatic heterocycles. The van der Waals surface area contributed by atoms with Crippen LogP contribution in [-0.4, -0.2) is 34.6 Å². The van der Waals surface area contributed by atoms with Gasteiger partial charge in [0.2, 0.25) is 0 Å². The average molecular weight is 280 g/mol. The van der Waals surface area contributed by atoms with Gasteiger partial charge in [0, 0.05) is 13.1 Å². The van der Waals surface area contributed by atoms with Gasteiger partial charge in [-0.3, -0.25) is 0 Å². The lowest BCUT2D eigenvalue weighted by Gasteiger charge is -2.23. The monoisotopic (exact) mass is 280 g/mol. The molecule has 1 aliphatic heterocycles. The van der Waals surface area contributed by atoms with E-state index in [4.69, 9.17) is 5.11 Å². The number of hydrogen-bond donors (Lipinski definition) is 2. The van der Waals surface area contributed by atoms with Crippen molar-refractivity contribution in [1.29, 1.82) is 0 Å². The van der Waals surface area contributed by atoms with Crippen LogP contribution in [0.1, 0.15) is 18.9 Å². The first-order chi connectivity index (χ1) is 9.49. The summed E-state index contributed by atoms with van der Waals surface area (Å²) in [5, 5.41) is 11.8. The molecule has 0 spiro atoms. The van der Waals surface area contributed by atoms with Crippen LogP contribution < -0.4 is 5.32 Å². The number of rotatable bonds is 3. The van der Waals surface area contributed by atoms with Crippen molar-refractivity contribution >= 4 is 12.0 Å². The average Bonchev–Trinajstić information content (AvgIpc) is 2.78. The zero-order valence-corrected chi connectivity index (χ0v) is 11.2. The van der Waals surface area contributed by atoms with Crippen molar-refractivity contribution in [2.75, 3.05) is 6.54 Å². The van der Waals surface area contributed by atoms with Crippen LogP contribution in [0.4, 0.5) is 9.18 Å². The standard InChI is InChI=1S/C14H17FN2O3/c1-9-5-6-17(12(9)13(18)19)14(20)16-8-10-3-2-4-11(15)7-10/h2-4,7,9,12H,5-6,8H2,1H3,(H,16,20)(H,18,19). The number of nitrogens with one attached hydrogen (secondary N) is 1. The topological polar surface area (TPSA) is 69.6 Å². The number of benzene rings is 1. The van der Waals surface area contributed by atoms with Crippen molar-refractivity contribution < 1.29 is 19.1 Å². The molecule has 1 aromatic carbocycles. The molecule has 1 heterocycles. The van der Waals surface area contributed by atoms with Gasteiger partial charge >= 0.3 is 12.0 Å². The zero-order valence-electron chi connectivity index (χ0n) is 11.2. The minimum Gasteiger partial charge on any atom is -0.480 e. The summed E-state index contributed by atoms with van der Waals surface area (Å²) in [5.41, 5.74) is 0.637. The largest absolute Gasteiger partial charge is 0.480 e. The van der Waals surface area contributed by atoms with E-state index in [1.807, 2.05) is 6.92 Å². The van der Waals surface area contributed by atoms with Crippen LogP contribution >= 0.6 is 0 Å². The Hall–Kier alpha value is -2.11. The number of carboxylic acids is 1. The van der Waals surface area contributed by atoms with Crippen molar-refractivity contribution in [2.24, 2.45) is 5.92 Å². The number of carbonyl (C=O) groups is 2. The Morgan fingerprint density at radius 2 is 2.25 bits per heavy atom. The van der Waals surface area contributed by atoms with E-state index in [1.165, 1.54) is 17.0 Å². The lowest BCUT2D eigenvalue weighted by atomic mass is 10.0. The van der Waals surface area contributed by atoms with E-state index in [0.29, 0.717) is 18.5 Å². The molecule has 1 fully saturated rings. The summed E-state index contributed by atoms with van der Waals surface area (Å²) < 4.78 is 13.0. The fourth-order valence-corrected chi connectivity index (χ4v) is 2.48. The lowest BCUT2D eigenvalue weighted by Crippen LogP contribution is -2.47. The molecule has 0 aliphatic carbocycles. The van der Waals surface area contributed by atoms with Gasteiger partial charge in [-0.15, -0.1) is 0 Å². The second-order valence-corrected chi connectivity index (χ2v) is 5.03. The van der Waals surface area contributed by atoms with E-state index in [1.54, 1.807) is 12.1 Å². The second-order valence-electron chi connectivity index (χ2n) is 5.03. The minimum absolute atomic E-state index is 0.0626. The van der Waals surface area contributed by atoms with Gasteiger partial charge < -0.3 is 15.3 Å². The highest BCUT2D eigenvalue weighted by Crippen LogP contribution is 2.24. The van der Waals surface area contributed by atoms with Gasteiger partial charge in [0.1, 0.15) is 11.9 Å². The van der Waals surface area contributed by atoms with Crippen LogP contribution in [-0.2, 0) is 11.3 Å². The van der Waals surface area contributed by atoms with Crippen LogP contribution in [0.2, 0.25) is 0 Å². The quantitative estimate of drug-likeness (QED) is 0.887. The van der Waals surface area contributed by atoms with Crippen molar-refractivity contribution in [3.63, 3.8) is 0 Å². The highest BCUT2D eigenvalue weighted by atomic mass is 19.1. The van der Waals surface area contributed by atoms with Crippen molar-refractivity contribution in [1.82, 2.24) is 10.2 Å². The van der Waals surface area contributed by atoms with Crippen LogP contribution in [0, 0.1) is 11.7 Å². The molecule has 2 N–H and O–H groups in total. The maximum absolute atomic E-state index is 13.0. The maximum atomic E-state index is 13.0. The first-order valence-corrected chi connectivity index (χ1v) is 6.50. The summed E-state index contributed by atoms with van der Waals surface area (Å²) in [7, 11) is 0. The normalized spacial score (nSPS) is 21.8. The van der Waals surface area contributed by atoms with Gasteiger partial charge in [-0.25, -0.2) is 14.0 Å². The molecule has 6 heteroatoms. The van der Waals surface area contributed by atoms with Crippen molar-refractivity contribution in [2.45, 2.75) is 25.9 Å². The summed E-state index contributed by atoms with van der Waals surface area (Å²) >= 11 is 0. The fourth-order valence-electron chi connectivity index (χ4n) is 2.48. The van der Waals surface area contributed by atoms with E-state index in [0.717, 1.165) is 0 Å². The van der Waals surface area contributed by atoms with Gasteiger partial charge in [-0.05, 0) is 30.0 Å². The molecule has 0 saturated carbocycles. The Balaban J connectivity index is 1.96. The van der Waals surface area contributed by atoms with E-state index >= 15 is 0 Å². The molecular formula is C14H17FN2O3. The van der Waals surface area contributed by atoms with E-state index in [9.17, 15) is 14.0 Å².